The van der Waals surface area contributed by atoms with Gasteiger partial charge in [0.05, 0.1) is 0 Å². The molecule has 0 fully saturated rings. The first-order valence-corrected chi connectivity index (χ1v) is 9.14. The van der Waals surface area contributed by atoms with Crippen molar-refractivity contribution in [3.05, 3.63) is 88.6 Å². The Morgan fingerprint density at radius 2 is 1.66 bits per heavy atom. The first-order chi connectivity index (χ1) is 14.0. The standard InChI is InChI=1S/C21H15F3N4O/c22-14-3-1-11(2-4-14)12-7-17-19(18(29)8-12)20(28-21(27-17)25-10-26-28)13-5-15(23)9-16(24)6-13/h1-6,9-10,12,20H,7-8H2,(H,25,26,27). The number of rotatable bonds is 2. The lowest BCUT2D eigenvalue weighted by atomic mass is 9.78. The highest BCUT2D eigenvalue weighted by Crippen LogP contribution is 2.43. The van der Waals surface area contributed by atoms with E-state index in [4.69, 9.17) is 0 Å². The summed E-state index contributed by atoms with van der Waals surface area (Å²) in [6.45, 7) is 0. The quantitative estimate of drug-likeness (QED) is 0.708. The predicted molar refractivity (Wildman–Crippen MR) is 98.5 cm³/mol. The van der Waals surface area contributed by atoms with Gasteiger partial charge in [0.2, 0.25) is 5.95 Å². The number of hydrogen-bond acceptors (Lipinski definition) is 4. The van der Waals surface area contributed by atoms with Gasteiger partial charge < -0.3 is 5.32 Å². The van der Waals surface area contributed by atoms with Crippen LogP contribution >= 0.6 is 0 Å². The van der Waals surface area contributed by atoms with E-state index in [2.05, 4.69) is 15.4 Å². The second kappa shape index (κ2) is 6.58. The number of Topliss-reactive ketones (excluding diaryl/α,β-unsaturated/α-hetero) is 1. The van der Waals surface area contributed by atoms with E-state index in [1.54, 1.807) is 12.1 Å². The van der Waals surface area contributed by atoms with Crippen molar-refractivity contribution in [3.63, 3.8) is 0 Å². The minimum Gasteiger partial charge on any atom is -0.328 e. The highest BCUT2D eigenvalue weighted by Gasteiger charge is 2.39. The normalized spacial score (nSPS) is 20.9. The van der Waals surface area contributed by atoms with Crippen LogP contribution in [0.1, 0.15) is 35.9 Å². The fourth-order valence-corrected chi connectivity index (χ4v) is 4.16. The molecule has 5 rings (SSSR count). The van der Waals surface area contributed by atoms with E-state index < -0.39 is 17.7 Å². The monoisotopic (exact) mass is 396 g/mol. The number of carbonyl (C=O) groups is 1. The summed E-state index contributed by atoms with van der Waals surface area (Å²) >= 11 is 0. The Kier molecular flexibility index (Phi) is 4.01. The van der Waals surface area contributed by atoms with Crippen molar-refractivity contribution in [2.24, 2.45) is 0 Å². The Bertz CT molecular complexity index is 1130. The maximum Gasteiger partial charge on any atom is 0.226 e. The van der Waals surface area contributed by atoms with Crippen LogP contribution in [-0.4, -0.2) is 20.5 Å². The van der Waals surface area contributed by atoms with Crippen LogP contribution in [0.4, 0.5) is 19.1 Å². The molecule has 1 aliphatic heterocycles. The minimum atomic E-state index is -0.768. The molecule has 29 heavy (non-hydrogen) atoms. The van der Waals surface area contributed by atoms with Crippen molar-refractivity contribution in [2.75, 3.05) is 5.32 Å². The number of nitrogens with zero attached hydrogens (tertiary/aromatic N) is 3. The van der Waals surface area contributed by atoms with E-state index in [0.717, 1.165) is 11.6 Å². The lowest BCUT2D eigenvalue weighted by Crippen LogP contribution is -2.33. The van der Waals surface area contributed by atoms with Crippen molar-refractivity contribution < 1.29 is 18.0 Å². The molecule has 0 amide bonds. The number of benzene rings is 2. The number of nitrogens with one attached hydrogen (secondary N) is 1. The Labute approximate surface area is 163 Å². The van der Waals surface area contributed by atoms with Crippen LogP contribution in [0.3, 0.4) is 0 Å². The Hall–Kier alpha value is -3.42. The Balaban J connectivity index is 1.61. The second-order valence-corrected chi connectivity index (χ2v) is 7.23. The van der Waals surface area contributed by atoms with Crippen molar-refractivity contribution >= 4 is 11.7 Å². The van der Waals surface area contributed by atoms with Gasteiger partial charge in [-0.05, 0) is 47.7 Å². The van der Waals surface area contributed by atoms with Crippen molar-refractivity contribution in [3.8, 4) is 0 Å². The molecule has 3 aromatic rings. The molecule has 1 N–H and O–H groups in total. The molecule has 2 heterocycles. The lowest BCUT2D eigenvalue weighted by molar-refractivity contribution is -0.116. The minimum absolute atomic E-state index is 0.131. The molecule has 0 saturated carbocycles. The molecule has 0 radical (unpaired) electrons. The Morgan fingerprint density at radius 3 is 2.38 bits per heavy atom. The SMILES string of the molecule is O=C1CC(c2ccc(F)cc2)CC2=C1C(c1cc(F)cc(F)c1)n1ncnc1N2. The molecule has 8 heteroatoms. The van der Waals surface area contributed by atoms with Gasteiger partial charge in [0.1, 0.15) is 29.8 Å². The zero-order valence-electron chi connectivity index (χ0n) is 15.1. The average molecular weight is 396 g/mol. The third-order valence-corrected chi connectivity index (χ3v) is 5.40. The van der Waals surface area contributed by atoms with E-state index >= 15 is 0 Å². The summed E-state index contributed by atoms with van der Waals surface area (Å²) in [5, 5.41) is 7.29. The molecule has 146 valence electrons. The van der Waals surface area contributed by atoms with Crippen LogP contribution in [-0.2, 0) is 4.79 Å². The highest BCUT2D eigenvalue weighted by atomic mass is 19.1. The van der Waals surface area contributed by atoms with Gasteiger partial charge in [-0.25, -0.2) is 17.9 Å². The number of hydrogen-bond donors (Lipinski definition) is 1. The third kappa shape index (κ3) is 3.00. The first kappa shape index (κ1) is 17.7. The summed E-state index contributed by atoms with van der Waals surface area (Å²) in [7, 11) is 0. The van der Waals surface area contributed by atoms with Gasteiger partial charge in [0, 0.05) is 23.8 Å². The predicted octanol–water partition coefficient (Wildman–Crippen LogP) is 4.11. The smallest absolute Gasteiger partial charge is 0.226 e. The lowest BCUT2D eigenvalue weighted by Gasteiger charge is -2.35. The first-order valence-electron chi connectivity index (χ1n) is 9.14. The van der Waals surface area contributed by atoms with Crippen molar-refractivity contribution in [2.45, 2.75) is 24.8 Å². The Morgan fingerprint density at radius 1 is 0.931 bits per heavy atom. The number of ketones is 1. The number of halogens is 3. The van der Waals surface area contributed by atoms with E-state index in [1.807, 2.05) is 0 Å². The zero-order valence-corrected chi connectivity index (χ0v) is 15.1. The van der Waals surface area contributed by atoms with Gasteiger partial charge in [-0.15, -0.1) is 0 Å². The van der Waals surface area contributed by atoms with Crippen LogP contribution in [0, 0.1) is 17.5 Å². The van der Waals surface area contributed by atoms with Gasteiger partial charge in [-0.2, -0.15) is 10.1 Å². The van der Waals surface area contributed by atoms with Crippen LogP contribution in [0.5, 0.6) is 0 Å². The fourth-order valence-electron chi connectivity index (χ4n) is 4.16. The van der Waals surface area contributed by atoms with Gasteiger partial charge in [0.25, 0.3) is 0 Å². The second-order valence-electron chi connectivity index (χ2n) is 7.23. The van der Waals surface area contributed by atoms with Crippen molar-refractivity contribution in [1.29, 1.82) is 0 Å². The topological polar surface area (TPSA) is 59.8 Å². The van der Waals surface area contributed by atoms with E-state index in [-0.39, 0.29) is 29.5 Å². The van der Waals surface area contributed by atoms with Gasteiger partial charge in [-0.1, -0.05) is 12.1 Å². The van der Waals surface area contributed by atoms with Crippen LogP contribution < -0.4 is 5.32 Å². The van der Waals surface area contributed by atoms with Gasteiger partial charge in [-0.3, -0.25) is 4.79 Å². The maximum absolute atomic E-state index is 13.9. The summed E-state index contributed by atoms with van der Waals surface area (Å²) in [5.74, 6) is -1.68. The number of anilines is 1. The van der Waals surface area contributed by atoms with Crippen LogP contribution in [0.25, 0.3) is 0 Å². The molecule has 0 bridgehead atoms. The van der Waals surface area contributed by atoms with Crippen molar-refractivity contribution in [1.82, 2.24) is 14.8 Å². The van der Waals surface area contributed by atoms with E-state index in [1.165, 1.54) is 35.3 Å². The summed E-state index contributed by atoms with van der Waals surface area (Å²) < 4.78 is 42.5. The molecule has 1 aliphatic carbocycles. The number of fused-ring (bicyclic) bond motifs is 1. The molecular formula is C21H15F3N4O. The van der Waals surface area contributed by atoms with Crippen LogP contribution in [0.2, 0.25) is 0 Å². The van der Waals surface area contributed by atoms with Gasteiger partial charge in [0.15, 0.2) is 5.78 Å². The zero-order chi connectivity index (χ0) is 20.1. The van der Waals surface area contributed by atoms with Crippen LogP contribution in [0.15, 0.2) is 60.1 Å². The van der Waals surface area contributed by atoms with E-state index in [0.29, 0.717) is 23.6 Å². The average Bonchev–Trinajstić information content (AvgIpc) is 3.14. The molecule has 2 aliphatic rings. The molecule has 1 aromatic heterocycles. The number of allylic oxidation sites excluding steroid dienone is 2. The third-order valence-electron chi connectivity index (χ3n) is 5.40. The molecule has 0 saturated heterocycles. The molecule has 0 spiro atoms. The molecular weight excluding hydrogens is 381 g/mol. The largest absolute Gasteiger partial charge is 0.328 e. The summed E-state index contributed by atoms with van der Waals surface area (Å²) in [6.07, 6.45) is 2.03. The highest BCUT2D eigenvalue weighted by molar-refractivity contribution is 6.00. The number of aromatic nitrogens is 3. The summed E-state index contributed by atoms with van der Waals surface area (Å²) in [6, 6.07) is 8.50. The van der Waals surface area contributed by atoms with Gasteiger partial charge >= 0.3 is 0 Å². The fraction of sp³-hybridized carbons (Fsp3) is 0.190. The molecule has 2 unspecified atom stereocenters. The summed E-state index contributed by atoms with van der Waals surface area (Å²) in [5.41, 5.74) is 2.21. The maximum atomic E-state index is 13.9. The van der Waals surface area contributed by atoms with E-state index in [9.17, 15) is 18.0 Å². The number of carbonyl (C=O) groups excluding carboxylic acids is 1. The molecule has 5 nitrogen and oxygen atoms in total. The molecule has 2 aromatic carbocycles. The summed E-state index contributed by atoms with van der Waals surface area (Å²) in [4.78, 5) is 17.3. The molecule has 2 atom stereocenters.